The Bertz CT molecular complexity index is 274. The molecule has 7 atom stereocenters. The van der Waals surface area contributed by atoms with Crippen molar-refractivity contribution in [3.63, 3.8) is 0 Å². The minimum Gasteiger partial charge on any atom is -0.756 e. The average molecular weight is 259 g/mol. The van der Waals surface area contributed by atoms with Gasteiger partial charge in [-0.25, -0.2) is 0 Å². The lowest BCUT2D eigenvalue weighted by atomic mass is 9.85. The molecule has 0 radical (unpaired) electrons. The highest BCUT2D eigenvalue weighted by molar-refractivity contribution is 7.44. The fourth-order valence-electron chi connectivity index (χ4n) is 1.48. The third-order valence-electron chi connectivity index (χ3n) is 2.33. The zero-order valence-electron chi connectivity index (χ0n) is 7.82. The summed E-state index contributed by atoms with van der Waals surface area (Å²) in [5, 5.41) is 46.0. The molecule has 0 aromatic carbocycles. The maximum absolute atomic E-state index is 10.4. The predicted octanol–water partition coefficient (Wildman–Crippen LogP) is -4.35. The summed E-state index contributed by atoms with van der Waals surface area (Å²) in [5.41, 5.74) is 0. The van der Waals surface area contributed by atoms with Gasteiger partial charge in [0.25, 0.3) is 7.82 Å². The van der Waals surface area contributed by atoms with Crippen LogP contribution in [0.25, 0.3) is 0 Å². The molecule has 0 heterocycles. The van der Waals surface area contributed by atoms with Crippen LogP contribution in [-0.2, 0) is 9.09 Å². The minimum absolute atomic E-state index is 1.85. The van der Waals surface area contributed by atoms with Crippen LogP contribution in [0.4, 0.5) is 0 Å². The Morgan fingerprint density at radius 3 is 1.50 bits per heavy atom. The zero-order valence-corrected chi connectivity index (χ0v) is 8.71. The van der Waals surface area contributed by atoms with Crippen molar-refractivity contribution in [3.05, 3.63) is 0 Å². The molecule has 10 heteroatoms. The van der Waals surface area contributed by atoms with E-state index in [4.69, 9.17) is 10.00 Å². The summed E-state index contributed by atoms with van der Waals surface area (Å²) in [7, 11) is -5.26. The molecule has 0 aromatic heterocycles. The lowest BCUT2D eigenvalue weighted by Crippen LogP contribution is -2.64. The van der Waals surface area contributed by atoms with Crippen LogP contribution >= 0.6 is 7.82 Å². The van der Waals surface area contributed by atoms with Crippen molar-refractivity contribution in [3.8, 4) is 0 Å². The van der Waals surface area contributed by atoms with Gasteiger partial charge < -0.3 is 39.8 Å². The van der Waals surface area contributed by atoms with Crippen LogP contribution in [0.3, 0.4) is 0 Å². The monoisotopic (exact) mass is 259 g/mol. The molecule has 96 valence electrons. The number of phosphoric acid groups is 1. The third kappa shape index (κ3) is 2.77. The van der Waals surface area contributed by atoms with E-state index in [2.05, 4.69) is 4.52 Å². The molecule has 1 saturated carbocycles. The molecule has 0 aliphatic heterocycles. The first-order valence-corrected chi connectivity index (χ1v) is 5.77. The molecule has 0 bridgehead atoms. The molecular formula is C6H12O9P-. The molecule has 3 unspecified atom stereocenters. The molecular weight excluding hydrogens is 247 g/mol. The first-order chi connectivity index (χ1) is 7.15. The van der Waals surface area contributed by atoms with Gasteiger partial charge in [0.15, 0.2) is 0 Å². The van der Waals surface area contributed by atoms with Gasteiger partial charge in [-0.05, 0) is 0 Å². The van der Waals surface area contributed by atoms with Gasteiger partial charge >= 0.3 is 0 Å². The Kier molecular flexibility index (Phi) is 4.06. The van der Waals surface area contributed by atoms with Crippen LogP contribution in [0.2, 0.25) is 0 Å². The Labute approximate surface area is 89.8 Å². The summed E-state index contributed by atoms with van der Waals surface area (Å²) in [6, 6.07) is 0. The van der Waals surface area contributed by atoms with Crippen LogP contribution in [0.5, 0.6) is 0 Å². The normalized spacial score (nSPS) is 48.7. The van der Waals surface area contributed by atoms with Crippen molar-refractivity contribution in [1.82, 2.24) is 0 Å². The van der Waals surface area contributed by atoms with Crippen LogP contribution in [0.1, 0.15) is 0 Å². The van der Waals surface area contributed by atoms with Crippen LogP contribution in [0, 0.1) is 0 Å². The summed E-state index contributed by atoms with van der Waals surface area (Å²) in [6.45, 7) is 0. The lowest BCUT2D eigenvalue weighted by molar-refractivity contribution is -0.257. The Morgan fingerprint density at radius 1 is 0.875 bits per heavy atom. The van der Waals surface area contributed by atoms with E-state index in [1.807, 2.05) is 0 Å². The highest BCUT2D eigenvalue weighted by Gasteiger charge is 2.49. The molecule has 0 aromatic rings. The quantitative estimate of drug-likeness (QED) is 0.268. The van der Waals surface area contributed by atoms with Gasteiger partial charge in [-0.1, -0.05) is 0 Å². The van der Waals surface area contributed by atoms with Gasteiger partial charge in [0.05, 0.1) is 0 Å². The van der Waals surface area contributed by atoms with Crippen molar-refractivity contribution in [1.29, 1.82) is 0 Å². The SMILES string of the molecule is O=P([O-])(O)OC1[C@@H](O)[C@H](O)C(O)[C@H](O)[C@@H]1O. The predicted molar refractivity (Wildman–Crippen MR) is 44.7 cm³/mol. The fourth-order valence-corrected chi connectivity index (χ4v) is 2.03. The number of phosphoric ester groups is 1. The van der Waals surface area contributed by atoms with Crippen LogP contribution < -0.4 is 4.89 Å². The van der Waals surface area contributed by atoms with E-state index in [0.29, 0.717) is 0 Å². The summed E-state index contributed by atoms with van der Waals surface area (Å²) in [5.74, 6) is 0. The van der Waals surface area contributed by atoms with Gasteiger partial charge in [-0.2, -0.15) is 0 Å². The summed E-state index contributed by atoms with van der Waals surface area (Å²) < 4.78 is 14.3. The average Bonchev–Trinajstić information content (AvgIpc) is 2.17. The number of hydrogen-bond acceptors (Lipinski definition) is 8. The smallest absolute Gasteiger partial charge is 0.265 e. The van der Waals surface area contributed by atoms with Crippen molar-refractivity contribution in [2.75, 3.05) is 0 Å². The van der Waals surface area contributed by atoms with Crippen molar-refractivity contribution in [2.45, 2.75) is 36.6 Å². The van der Waals surface area contributed by atoms with Crippen LogP contribution in [0.15, 0.2) is 0 Å². The van der Waals surface area contributed by atoms with Gasteiger partial charge in [0.2, 0.25) is 0 Å². The maximum atomic E-state index is 10.4. The Hall–Kier alpha value is -0.0900. The molecule has 6 N–H and O–H groups in total. The Balaban J connectivity index is 2.87. The fraction of sp³-hybridized carbons (Fsp3) is 1.00. The van der Waals surface area contributed by atoms with E-state index in [1.54, 1.807) is 0 Å². The standard InChI is InChI=1S/C6H13O9P/c7-1-2(8)4(10)6(5(11)3(1)9)15-16(12,13)14/h1-11H,(H2,12,13,14)/p-1/t1?,2-,3+,4-,5-,6?/m0/s1. The first-order valence-electron chi connectivity index (χ1n) is 4.27. The third-order valence-corrected chi connectivity index (χ3v) is 2.84. The van der Waals surface area contributed by atoms with E-state index < -0.39 is 44.4 Å². The molecule has 1 fully saturated rings. The topological polar surface area (TPSA) is 171 Å². The number of aliphatic hydroxyl groups is 5. The second-order valence-corrected chi connectivity index (χ2v) is 4.64. The molecule has 0 saturated heterocycles. The van der Waals surface area contributed by atoms with Gasteiger partial charge in [-0.3, -0.25) is 4.57 Å². The zero-order chi connectivity index (χ0) is 12.7. The number of aliphatic hydroxyl groups excluding tert-OH is 5. The minimum atomic E-state index is -5.26. The van der Waals surface area contributed by atoms with Gasteiger partial charge in [0.1, 0.15) is 36.6 Å². The summed E-state index contributed by atoms with van der Waals surface area (Å²) >= 11 is 0. The van der Waals surface area contributed by atoms with Crippen LogP contribution in [-0.4, -0.2) is 67.0 Å². The van der Waals surface area contributed by atoms with E-state index in [9.17, 15) is 29.9 Å². The largest absolute Gasteiger partial charge is 0.756 e. The molecule has 1 aliphatic rings. The summed E-state index contributed by atoms with van der Waals surface area (Å²) in [6.07, 6.45) is -11.6. The second kappa shape index (κ2) is 4.65. The van der Waals surface area contributed by atoms with Gasteiger partial charge in [0, 0.05) is 0 Å². The van der Waals surface area contributed by atoms with Gasteiger partial charge in [-0.15, -0.1) is 0 Å². The number of rotatable bonds is 2. The van der Waals surface area contributed by atoms with Crippen molar-refractivity contribution >= 4 is 7.82 Å². The summed E-state index contributed by atoms with van der Waals surface area (Å²) in [4.78, 5) is 18.8. The van der Waals surface area contributed by atoms with E-state index >= 15 is 0 Å². The Morgan fingerprint density at radius 2 is 1.19 bits per heavy atom. The highest BCUT2D eigenvalue weighted by Crippen LogP contribution is 2.37. The molecule has 0 amide bonds. The highest BCUT2D eigenvalue weighted by atomic mass is 31.2. The lowest BCUT2D eigenvalue weighted by Gasteiger charge is -2.42. The number of hydrogen-bond donors (Lipinski definition) is 6. The van der Waals surface area contributed by atoms with Crippen molar-refractivity contribution in [2.24, 2.45) is 0 Å². The molecule has 16 heavy (non-hydrogen) atoms. The molecule has 0 spiro atoms. The molecule has 1 rings (SSSR count). The first kappa shape index (κ1) is 14.0. The van der Waals surface area contributed by atoms with E-state index in [1.165, 1.54) is 0 Å². The molecule has 1 aliphatic carbocycles. The maximum Gasteiger partial charge on any atom is 0.265 e. The second-order valence-electron chi connectivity index (χ2n) is 3.49. The van der Waals surface area contributed by atoms with E-state index in [-0.39, 0.29) is 0 Å². The molecule has 9 nitrogen and oxygen atoms in total. The van der Waals surface area contributed by atoms with E-state index in [0.717, 1.165) is 0 Å². The van der Waals surface area contributed by atoms with Crippen molar-refractivity contribution < 1.29 is 44.4 Å².